The van der Waals surface area contributed by atoms with Crippen LogP contribution in [0.2, 0.25) is 0 Å². The second-order valence-corrected chi connectivity index (χ2v) is 5.52. The van der Waals surface area contributed by atoms with Gasteiger partial charge in [0.15, 0.2) is 0 Å². The van der Waals surface area contributed by atoms with E-state index < -0.39 is 0 Å². The summed E-state index contributed by atoms with van der Waals surface area (Å²) >= 11 is 4.60. The molecule has 1 aliphatic carbocycles. The number of hydrogen-bond acceptors (Lipinski definition) is 3. The first-order valence-corrected chi connectivity index (χ1v) is 7.59. The highest BCUT2D eigenvalue weighted by molar-refractivity contribution is 7.78. The molecule has 0 N–H and O–H groups in total. The van der Waals surface area contributed by atoms with Gasteiger partial charge in [0, 0.05) is 0 Å². The number of aliphatic imine (C=N–C) groups is 1. The molecule has 0 heterocycles. The van der Waals surface area contributed by atoms with Crippen molar-refractivity contribution in [1.82, 2.24) is 0 Å². The fourth-order valence-corrected chi connectivity index (χ4v) is 2.64. The maximum Gasteiger partial charge on any atom is 0.0720 e. The summed E-state index contributed by atoms with van der Waals surface area (Å²) in [6, 6.07) is 19.3. The molecule has 2 nitrogen and oxygen atoms in total. The minimum Gasteiger partial charge on any atom is -0.373 e. The normalized spacial score (nSPS) is 20.4. The number of rotatable bonds is 5. The lowest BCUT2D eigenvalue weighted by molar-refractivity contribution is -0.0182. The van der Waals surface area contributed by atoms with Gasteiger partial charge in [-0.1, -0.05) is 54.6 Å². The smallest absolute Gasteiger partial charge is 0.0720 e. The van der Waals surface area contributed by atoms with Gasteiger partial charge in [0.1, 0.15) is 0 Å². The molecule has 0 amide bonds. The van der Waals surface area contributed by atoms with Crippen molar-refractivity contribution < 1.29 is 4.74 Å². The van der Waals surface area contributed by atoms with Gasteiger partial charge in [-0.25, -0.2) is 4.99 Å². The molecule has 1 saturated carbocycles. The standard InChI is InChI=1S/C18H17NOS/c21-13-19-17-10-18(11-17)20-12-14-6-8-16(9-7-14)15-4-2-1-3-5-15/h1-9,17-18H,10-12H2/t17-,18-. The lowest BCUT2D eigenvalue weighted by Crippen LogP contribution is -2.34. The van der Waals surface area contributed by atoms with Crippen molar-refractivity contribution in [3.63, 3.8) is 0 Å². The van der Waals surface area contributed by atoms with E-state index in [0.29, 0.717) is 18.8 Å². The van der Waals surface area contributed by atoms with E-state index in [4.69, 9.17) is 4.74 Å². The van der Waals surface area contributed by atoms with Gasteiger partial charge < -0.3 is 4.74 Å². The second kappa shape index (κ2) is 6.77. The lowest BCUT2D eigenvalue weighted by Gasteiger charge is -2.31. The van der Waals surface area contributed by atoms with Crippen LogP contribution in [0.25, 0.3) is 11.1 Å². The van der Waals surface area contributed by atoms with Crippen molar-refractivity contribution >= 4 is 17.4 Å². The Balaban J connectivity index is 1.53. The Bertz CT molecular complexity index is 626. The third-order valence-electron chi connectivity index (χ3n) is 3.85. The van der Waals surface area contributed by atoms with E-state index >= 15 is 0 Å². The predicted molar refractivity (Wildman–Crippen MR) is 88.5 cm³/mol. The van der Waals surface area contributed by atoms with Crippen LogP contribution in [0.1, 0.15) is 18.4 Å². The molecule has 2 aromatic rings. The van der Waals surface area contributed by atoms with Crippen LogP contribution >= 0.6 is 12.2 Å². The molecule has 1 aliphatic rings. The van der Waals surface area contributed by atoms with E-state index in [0.717, 1.165) is 12.8 Å². The third kappa shape index (κ3) is 3.64. The minimum absolute atomic E-state index is 0.316. The van der Waals surface area contributed by atoms with E-state index in [1.807, 2.05) is 6.07 Å². The molecule has 21 heavy (non-hydrogen) atoms. The summed E-state index contributed by atoms with van der Waals surface area (Å²) in [6.45, 7) is 0.660. The van der Waals surface area contributed by atoms with Crippen LogP contribution in [0.3, 0.4) is 0 Å². The Labute approximate surface area is 130 Å². The Morgan fingerprint density at radius 1 is 1.00 bits per heavy atom. The molecule has 0 saturated heterocycles. The Hall–Kier alpha value is -1.80. The van der Waals surface area contributed by atoms with Crippen molar-refractivity contribution in [2.45, 2.75) is 31.6 Å². The predicted octanol–water partition coefficient (Wildman–Crippen LogP) is 4.50. The van der Waals surface area contributed by atoms with Crippen molar-refractivity contribution in [2.75, 3.05) is 0 Å². The molecular weight excluding hydrogens is 278 g/mol. The number of thiocarbonyl (C=S) groups is 1. The molecule has 2 aromatic carbocycles. The highest BCUT2D eigenvalue weighted by atomic mass is 32.1. The molecule has 0 aromatic heterocycles. The Kier molecular flexibility index (Phi) is 4.56. The zero-order chi connectivity index (χ0) is 14.5. The van der Waals surface area contributed by atoms with Crippen molar-refractivity contribution in [3.8, 4) is 11.1 Å². The molecule has 0 unspecified atom stereocenters. The van der Waals surface area contributed by atoms with Crippen molar-refractivity contribution in [3.05, 3.63) is 60.2 Å². The van der Waals surface area contributed by atoms with E-state index in [2.05, 4.69) is 70.9 Å². The number of isothiocyanates is 1. The van der Waals surface area contributed by atoms with Gasteiger partial charge in [-0.05, 0) is 41.7 Å². The summed E-state index contributed by atoms with van der Waals surface area (Å²) in [5.74, 6) is 0. The van der Waals surface area contributed by atoms with Crippen LogP contribution in [0.15, 0.2) is 59.6 Å². The molecular formula is C18H17NOS. The molecule has 3 heteroatoms. The number of hydrogen-bond donors (Lipinski definition) is 0. The molecule has 0 bridgehead atoms. The molecule has 3 rings (SSSR count). The summed E-state index contributed by atoms with van der Waals surface area (Å²) in [6.07, 6.45) is 2.24. The highest BCUT2D eigenvalue weighted by Crippen LogP contribution is 2.27. The van der Waals surface area contributed by atoms with Crippen LogP contribution in [-0.4, -0.2) is 17.3 Å². The molecule has 106 valence electrons. The maximum atomic E-state index is 5.86. The Morgan fingerprint density at radius 2 is 1.67 bits per heavy atom. The molecule has 0 aliphatic heterocycles. The third-order valence-corrected chi connectivity index (χ3v) is 3.96. The molecule has 0 spiro atoms. The average Bonchev–Trinajstić information content (AvgIpc) is 2.51. The van der Waals surface area contributed by atoms with E-state index in [1.165, 1.54) is 16.7 Å². The van der Waals surface area contributed by atoms with E-state index in [1.54, 1.807) is 0 Å². The van der Waals surface area contributed by atoms with Gasteiger partial charge in [-0.3, -0.25) is 0 Å². The Morgan fingerprint density at radius 3 is 2.33 bits per heavy atom. The van der Waals surface area contributed by atoms with Crippen LogP contribution in [0.5, 0.6) is 0 Å². The van der Waals surface area contributed by atoms with Gasteiger partial charge >= 0.3 is 0 Å². The zero-order valence-electron chi connectivity index (χ0n) is 11.7. The van der Waals surface area contributed by atoms with Gasteiger partial charge in [0.25, 0.3) is 0 Å². The fourth-order valence-electron chi connectivity index (χ4n) is 2.49. The van der Waals surface area contributed by atoms with Gasteiger partial charge in [-0.15, -0.1) is 0 Å². The largest absolute Gasteiger partial charge is 0.373 e. The number of benzene rings is 2. The van der Waals surface area contributed by atoms with Crippen molar-refractivity contribution in [1.29, 1.82) is 0 Å². The topological polar surface area (TPSA) is 21.6 Å². The van der Waals surface area contributed by atoms with Gasteiger partial charge in [0.05, 0.1) is 23.9 Å². The fraction of sp³-hybridized carbons (Fsp3) is 0.278. The summed E-state index contributed by atoms with van der Waals surface area (Å²) in [5, 5.41) is 2.44. The van der Waals surface area contributed by atoms with Crippen LogP contribution in [-0.2, 0) is 11.3 Å². The van der Waals surface area contributed by atoms with Gasteiger partial charge in [-0.2, -0.15) is 0 Å². The van der Waals surface area contributed by atoms with Gasteiger partial charge in [0.2, 0.25) is 0 Å². The monoisotopic (exact) mass is 295 g/mol. The number of ether oxygens (including phenoxy) is 1. The van der Waals surface area contributed by atoms with Crippen LogP contribution in [0.4, 0.5) is 0 Å². The van der Waals surface area contributed by atoms with E-state index in [9.17, 15) is 0 Å². The molecule has 1 fully saturated rings. The van der Waals surface area contributed by atoms with Crippen molar-refractivity contribution in [2.24, 2.45) is 4.99 Å². The van der Waals surface area contributed by atoms with E-state index in [-0.39, 0.29) is 0 Å². The summed E-state index contributed by atoms with van der Waals surface area (Å²) in [7, 11) is 0. The first-order valence-electron chi connectivity index (χ1n) is 7.18. The first-order chi connectivity index (χ1) is 10.3. The highest BCUT2D eigenvalue weighted by Gasteiger charge is 2.29. The summed E-state index contributed by atoms with van der Waals surface area (Å²) in [5.41, 5.74) is 3.68. The maximum absolute atomic E-state index is 5.86. The average molecular weight is 295 g/mol. The number of nitrogens with zero attached hydrogens (tertiary/aromatic N) is 1. The summed E-state index contributed by atoms with van der Waals surface area (Å²) in [4.78, 5) is 4.07. The molecule has 0 radical (unpaired) electrons. The van der Waals surface area contributed by atoms with Crippen LogP contribution < -0.4 is 0 Å². The first kappa shape index (κ1) is 14.2. The summed E-state index contributed by atoms with van der Waals surface area (Å²) < 4.78 is 5.86. The lowest BCUT2D eigenvalue weighted by atomic mass is 9.90. The molecule has 0 atom stereocenters. The van der Waals surface area contributed by atoms with Crippen LogP contribution in [0, 0.1) is 0 Å². The minimum atomic E-state index is 0.316. The quantitative estimate of drug-likeness (QED) is 0.598. The SMILES string of the molecule is S=C=N[C@H]1C[C@H](OCc2ccc(-c3ccccc3)cc2)C1. The second-order valence-electron chi connectivity index (χ2n) is 5.34. The zero-order valence-corrected chi connectivity index (χ0v) is 12.6.